The molecule has 2 atom stereocenters. The van der Waals surface area contributed by atoms with E-state index in [1.807, 2.05) is 31.2 Å². The lowest BCUT2D eigenvalue weighted by molar-refractivity contribution is -0.122. The van der Waals surface area contributed by atoms with Crippen LogP contribution in [0.1, 0.15) is 44.4 Å². The van der Waals surface area contributed by atoms with Crippen LogP contribution in [-0.4, -0.2) is 33.7 Å². The monoisotopic (exact) mass is 452 g/mol. The van der Waals surface area contributed by atoms with Gasteiger partial charge < -0.3 is 10.1 Å². The van der Waals surface area contributed by atoms with Gasteiger partial charge in [0.25, 0.3) is 0 Å². The highest BCUT2D eigenvalue weighted by Gasteiger charge is 2.34. The highest BCUT2D eigenvalue weighted by atomic mass is 35.5. The normalized spacial score (nSPS) is 13.4. The minimum Gasteiger partial charge on any atom is -0.495 e. The van der Waals surface area contributed by atoms with Gasteiger partial charge in [0, 0.05) is 5.02 Å². The van der Waals surface area contributed by atoms with Crippen molar-refractivity contribution in [1.29, 1.82) is 0 Å². The van der Waals surface area contributed by atoms with Crippen molar-refractivity contribution in [2.24, 2.45) is 0 Å². The molecule has 0 fully saturated rings. The Morgan fingerprint density at radius 2 is 1.80 bits per heavy atom. The van der Waals surface area contributed by atoms with E-state index in [1.165, 1.54) is 18.7 Å². The standard InChI is InChI=1S/C22H29ClN2O4S/c1-6-16-8-10-17(11-9-16)15(3)24-22(26)19(7-2)25(30(5,27)28)20-14-18(23)12-13-21(20)29-4/h8-15,19H,6-7H2,1-5H3,(H,24,26)/t15-,19+/m1/s1. The van der Waals surface area contributed by atoms with Gasteiger partial charge in [-0.2, -0.15) is 0 Å². The molecule has 2 aromatic carbocycles. The summed E-state index contributed by atoms with van der Waals surface area (Å²) in [5, 5.41) is 3.29. The maximum absolute atomic E-state index is 13.1. The van der Waals surface area contributed by atoms with Crippen LogP contribution >= 0.6 is 11.6 Å². The number of hydrogen-bond acceptors (Lipinski definition) is 4. The summed E-state index contributed by atoms with van der Waals surface area (Å²) >= 11 is 6.11. The van der Waals surface area contributed by atoms with E-state index in [4.69, 9.17) is 16.3 Å². The summed E-state index contributed by atoms with van der Waals surface area (Å²) in [6.45, 7) is 5.71. The summed E-state index contributed by atoms with van der Waals surface area (Å²) in [7, 11) is -2.36. The molecule has 8 heteroatoms. The molecule has 30 heavy (non-hydrogen) atoms. The number of hydrogen-bond donors (Lipinski definition) is 1. The molecule has 1 amide bonds. The molecule has 0 spiro atoms. The van der Waals surface area contributed by atoms with Crippen molar-refractivity contribution in [2.75, 3.05) is 17.7 Å². The molecule has 0 aliphatic heterocycles. The fraction of sp³-hybridized carbons (Fsp3) is 0.409. The van der Waals surface area contributed by atoms with Crippen molar-refractivity contribution in [2.45, 2.75) is 45.7 Å². The summed E-state index contributed by atoms with van der Waals surface area (Å²) < 4.78 is 31.8. The van der Waals surface area contributed by atoms with E-state index < -0.39 is 22.0 Å². The van der Waals surface area contributed by atoms with Crippen molar-refractivity contribution in [3.63, 3.8) is 0 Å². The summed E-state index contributed by atoms with van der Waals surface area (Å²) in [4.78, 5) is 13.1. The number of sulfonamides is 1. The van der Waals surface area contributed by atoms with Crippen molar-refractivity contribution >= 4 is 33.2 Å². The third-order valence-electron chi connectivity index (χ3n) is 4.95. The largest absolute Gasteiger partial charge is 0.495 e. The maximum Gasteiger partial charge on any atom is 0.244 e. The van der Waals surface area contributed by atoms with Crippen molar-refractivity contribution in [1.82, 2.24) is 5.32 Å². The van der Waals surface area contributed by atoms with Crippen molar-refractivity contribution in [3.05, 3.63) is 58.6 Å². The van der Waals surface area contributed by atoms with E-state index in [-0.39, 0.29) is 18.2 Å². The first kappa shape index (κ1) is 24.0. The van der Waals surface area contributed by atoms with Gasteiger partial charge in [-0.1, -0.05) is 49.7 Å². The molecular formula is C22H29ClN2O4S. The zero-order valence-corrected chi connectivity index (χ0v) is 19.5. The quantitative estimate of drug-likeness (QED) is 0.614. The molecule has 2 aromatic rings. The Balaban J connectivity index is 2.37. The number of anilines is 1. The van der Waals surface area contributed by atoms with Crippen LogP contribution in [0.25, 0.3) is 0 Å². The lowest BCUT2D eigenvalue weighted by Gasteiger charge is -2.32. The molecule has 6 nitrogen and oxygen atoms in total. The minimum atomic E-state index is -3.80. The Bertz CT molecular complexity index is 977. The molecule has 0 radical (unpaired) electrons. The fourth-order valence-electron chi connectivity index (χ4n) is 3.31. The molecule has 0 aliphatic rings. The van der Waals surface area contributed by atoms with Crippen molar-refractivity contribution < 1.29 is 17.9 Å². The molecule has 1 N–H and O–H groups in total. The Kier molecular flexibility index (Phi) is 8.15. The Morgan fingerprint density at radius 1 is 1.17 bits per heavy atom. The lowest BCUT2D eigenvalue weighted by atomic mass is 10.0. The summed E-state index contributed by atoms with van der Waals surface area (Å²) in [6, 6.07) is 11.4. The van der Waals surface area contributed by atoms with Gasteiger partial charge in [-0.3, -0.25) is 9.10 Å². The van der Waals surface area contributed by atoms with Gasteiger partial charge >= 0.3 is 0 Å². The Labute approximate surface area is 184 Å². The van der Waals surface area contributed by atoms with Crippen LogP contribution in [0.2, 0.25) is 5.02 Å². The first-order valence-corrected chi connectivity index (χ1v) is 12.1. The summed E-state index contributed by atoms with van der Waals surface area (Å²) in [5.41, 5.74) is 2.39. The topological polar surface area (TPSA) is 75.7 Å². The zero-order chi connectivity index (χ0) is 22.5. The van der Waals surface area contributed by atoms with Crippen LogP contribution in [0, 0.1) is 0 Å². The second-order valence-corrected chi connectivity index (χ2v) is 9.42. The third-order valence-corrected chi connectivity index (χ3v) is 6.36. The van der Waals surface area contributed by atoms with Gasteiger partial charge in [-0.25, -0.2) is 8.42 Å². The average molecular weight is 453 g/mol. The molecule has 164 valence electrons. The molecule has 0 aliphatic carbocycles. The van der Waals surface area contributed by atoms with Gasteiger partial charge in [-0.05, 0) is 49.1 Å². The van der Waals surface area contributed by atoms with Gasteiger partial charge in [0.2, 0.25) is 15.9 Å². The van der Waals surface area contributed by atoms with Crippen LogP contribution in [-0.2, 0) is 21.2 Å². The first-order chi connectivity index (χ1) is 14.1. The van der Waals surface area contributed by atoms with Crippen LogP contribution in [0.4, 0.5) is 5.69 Å². The Morgan fingerprint density at radius 3 is 2.30 bits per heavy atom. The van der Waals surface area contributed by atoms with Crippen LogP contribution in [0.3, 0.4) is 0 Å². The van der Waals surface area contributed by atoms with E-state index in [0.29, 0.717) is 10.8 Å². The second kappa shape index (κ2) is 10.2. The number of rotatable bonds is 9. The molecule has 0 unspecified atom stereocenters. The zero-order valence-electron chi connectivity index (χ0n) is 18.0. The Hall–Kier alpha value is -2.25. The fourth-order valence-corrected chi connectivity index (χ4v) is 4.68. The minimum absolute atomic E-state index is 0.231. The second-order valence-electron chi connectivity index (χ2n) is 7.12. The van der Waals surface area contributed by atoms with E-state index in [0.717, 1.165) is 22.5 Å². The maximum atomic E-state index is 13.1. The number of nitrogens with zero attached hydrogens (tertiary/aromatic N) is 1. The van der Waals surface area contributed by atoms with Crippen LogP contribution < -0.4 is 14.4 Å². The highest BCUT2D eigenvalue weighted by molar-refractivity contribution is 7.92. The number of carbonyl (C=O) groups excluding carboxylic acids is 1. The molecule has 0 bridgehead atoms. The lowest BCUT2D eigenvalue weighted by Crippen LogP contribution is -2.49. The molecule has 2 rings (SSSR count). The molecule has 0 heterocycles. The molecule has 0 saturated heterocycles. The predicted octanol–water partition coefficient (Wildman–Crippen LogP) is 4.33. The van der Waals surface area contributed by atoms with E-state index in [1.54, 1.807) is 19.1 Å². The molecular weight excluding hydrogens is 424 g/mol. The number of carbonyl (C=O) groups is 1. The van der Waals surface area contributed by atoms with Gasteiger partial charge in [0.05, 0.1) is 25.1 Å². The van der Waals surface area contributed by atoms with Gasteiger partial charge in [-0.15, -0.1) is 0 Å². The van der Waals surface area contributed by atoms with Gasteiger partial charge in [0.1, 0.15) is 11.8 Å². The van der Waals surface area contributed by atoms with E-state index >= 15 is 0 Å². The number of halogens is 1. The number of ether oxygens (including phenoxy) is 1. The van der Waals surface area contributed by atoms with Crippen LogP contribution in [0.5, 0.6) is 5.75 Å². The smallest absolute Gasteiger partial charge is 0.244 e. The number of aryl methyl sites for hydroxylation is 1. The molecule has 0 saturated carbocycles. The molecule has 0 aromatic heterocycles. The van der Waals surface area contributed by atoms with Crippen LogP contribution in [0.15, 0.2) is 42.5 Å². The number of benzene rings is 2. The third kappa shape index (κ3) is 5.67. The van der Waals surface area contributed by atoms with E-state index in [9.17, 15) is 13.2 Å². The number of nitrogens with one attached hydrogen (secondary N) is 1. The van der Waals surface area contributed by atoms with Gasteiger partial charge in [0.15, 0.2) is 0 Å². The predicted molar refractivity (Wildman–Crippen MR) is 122 cm³/mol. The number of amides is 1. The SMILES string of the molecule is CCc1ccc([C@@H](C)NC(=O)[C@H](CC)N(c2cc(Cl)ccc2OC)S(C)(=O)=O)cc1. The van der Waals surface area contributed by atoms with E-state index in [2.05, 4.69) is 12.2 Å². The summed E-state index contributed by atoms with van der Waals surface area (Å²) in [5.74, 6) is -0.0729. The number of methoxy groups -OCH3 is 1. The van der Waals surface area contributed by atoms with Crippen molar-refractivity contribution in [3.8, 4) is 5.75 Å². The first-order valence-electron chi connectivity index (χ1n) is 9.84. The highest BCUT2D eigenvalue weighted by Crippen LogP contribution is 2.35. The average Bonchev–Trinajstić information content (AvgIpc) is 2.70. The summed E-state index contributed by atoms with van der Waals surface area (Å²) in [6.07, 6.45) is 2.27.